The van der Waals surface area contributed by atoms with Gasteiger partial charge >= 0.3 is 0 Å². The summed E-state index contributed by atoms with van der Waals surface area (Å²) in [5.74, 6) is 0.421. The molecule has 0 heterocycles. The van der Waals surface area contributed by atoms with Crippen molar-refractivity contribution < 1.29 is 4.79 Å². The highest BCUT2D eigenvalue weighted by Crippen LogP contribution is 2.02. The first-order valence-corrected chi connectivity index (χ1v) is 6.08. The second-order valence-corrected chi connectivity index (χ2v) is 5.10. The molecule has 0 radical (unpaired) electrons. The van der Waals surface area contributed by atoms with Crippen LogP contribution in [-0.4, -0.2) is 43.0 Å². The van der Waals surface area contributed by atoms with Crippen LogP contribution < -0.4 is 11.1 Å². The number of hydrogen-bond donors (Lipinski definition) is 2. The molecule has 0 bridgehead atoms. The number of nitrogens with two attached hydrogens (primary N) is 1. The maximum absolute atomic E-state index is 11.6. The largest absolute Gasteiger partial charge is 0.353 e. The molecule has 4 heteroatoms. The molecule has 0 saturated heterocycles. The molecular weight excluding hydrogens is 202 g/mol. The Morgan fingerprint density at radius 1 is 1.31 bits per heavy atom. The first kappa shape index (κ1) is 15.4. The summed E-state index contributed by atoms with van der Waals surface area (Å²) in [5, 5.41) is 2.87. The number of hydrogen-bond acceptors (Lipinski definition) is 3. The van der Waals surface area contributed by atoms with Gasteiger partial charge in [-0.25, -0.2) is 0 Å². The normalized spacial score (nSPS) is 13.6. The van der Waals surface area contributed by atoms with Crippen LogP contribution >= 0.6 is 0 Å². The summed E-state index contributed by atoms with van der Waals surface area (Å²) in [6, 6.07) is 0.130. The standard InChI is InChI=1S/C12H27N3O/c1-9(2)8-11(13)12(16)14-6-7-15(5)10(3)4/h9-11H,6-8,13H2,1-5H3,(H,14,16)/t11-/m0/s1. The van der Waals surface area contributed by atoms with Gasteiger partial charge in [-0.2, -0.15) is 0 Å². The Kier molecular flexibility index (Phi) is 7.34. The van der Waals surface area contributed by atoms with Gasteiger partial charge in [0.15, 0.2) is 0 Å². The molecule has 0 saturated carbocycles. The fourth-order valence-electron chi connectivity index (χ4n) is 1.36. The van der Waals surface area contributed by atoms with Crippen molar-refractivity contribution in [2.45, 2.75) is 46.2 Å². The fourth-order valence-corrected chi connectivity index (χ4v) is 1.36. The van der Waals surface area contributed by atoms with E-state index >= 15 is 0 Å². The van der Waals surface area contributed by atoms with Gasteiger partial charge in [-0.05, 0) is 33.2 Å². The number of rotatable bonds is 7. The molecule has 16 heavy (non-hydrogen) atoms. The number of likely N-dealkylation sites (N-methyl/N-ethyl adjacent to an activating group) is 1. The van der Waals surface area contributed by atoms with Gasteiger partial charge in [0.2, 0.25) is 5.91 Å². The zero-order chi connectivity index (χ0) is 12.7. The van der Waals surface area contributed by atoms with Crippen LogP contribution in [-0.2, 0) is 4.79 Å². The Morgan fingerprint density at radius 3 is 2.31 bits per heavy atom. The number of nitrogens with one attached hydrogen (secondary N) is 1. The minimum atomic E-state index is -0.371. The van der Waals surface area contributed by atoms with Crippen LogP contribution in [0.1, 0.15) is 34.1 Å². The van der Waals surface area contributed by atoms with E-state index in [0.29, 0.717) is 18.5 Å². The van der Waals surface area contributed by atoms with Crippen molar-refractivity contribution in [1.29, 1.82) is 0 Å². The predicted octanol–water partition coefficient (Wildman–Crippen LogP) is 0.816. The molecule has 0 aliphatic rings. The molecule has 0 rings (SSSR count). The quantitative estimate of drug-likeness (QED) is 0.679. The molecule has 0 aromatic rings. The number of carbonyl (C=O) groups is 1. The van der Waals surface area contributed by atoms with Gasteiger partial charge in [-0.1, -0.05) is 13.8 Å². The van der Waals surface area contributed by atoms with E-state index in [1.54, 1.807) is 0 Å². The topological polar surface area (TPSA) is 58.4 Å². The van der Waals surface area contributed by atoms with Gasteiger partial charge in [0.05, 0.1) is 6.04 Å². The zero-order valence-corrected chi connectivity index (χ0v) is 11.3. The first-order valence-electron chi connectivity index (χ1n) is 6.08. The fraction of sp³-hybridized carbons (Fsp3) is 0.917. The Hall–Kier alpha value is -0.610. The van der Waals surface area contributed by atoms with E-state index in [1.165, 1.54) is 0 Å². The summed E-state index contributed by atoms with van der Waals surface area (Å²) in [4.78, 5) is 13.8. The summed E-state index contributed by atoms with van der Waals surface area (Å²) in [7, 11) is 2.05. The summed E-state index contributed by atoms with van der Waals surface area (Å²) in [6.07, 6.45) is 0.742. The van der Waals surface area contributed by atoms with Crippen molar-refractivity contribution >= 4 is 5.91 Å². The maximum Gasteiger partial charge on any atom is 0.236 e. The van der Waals surface area contributed by atoms with E-state index in [1.807, 2.05) is 7.05 Å². The number of carbonyl (C=O) groups excluding carboxylic acids is 1. The van der Waals surface area contributed by atoms with Crippen molar-refractivity contribution in [1.82, 2.24) is 10.2 Å². The highest BCUT2D eigenvalue weighted by molar-refractivity contribution is 5.81. The van der Waals surface area contributed by atoms with Gasteiger partial charge in [0.1, 0.15) is 0 Å². The van der Waals surface area contributed by atoms with Crippen molar-refractivity contribution in [2.75, 3.05) is 20.1 Å². The highest BCUT2D eigenvalue weighted by Gasteiger charge is 2.14. The van der Waals surface area contributed by atoms with Crippen molar-refractivity contribution in [2.24, 2.45) is 11.7 Å². The van der Waals surface area contributed by atoms with Crippen molar-refractivity contribution in [3.63, 3.8) is 0 Å². The van der Waals surface area contributed by atoms with Gasteiger partial charge in [0, 0.05) is 19.1 Å². The van der Waals surface area contributed by atoms with Gasteiger partial charge in [0.25, 0.3) is 0 Å². The second kappa shape index (κ2) is 7.63. The lowest BCUT2D eigenvalue weighted by atomic mass is 10.0. The first-order chi connectivity index (χ1) is 7.34. The van der Waals surface area contributed by atoms with Crippen LogP contribution in [0.2, 0.25) is 0 Å². The van der Waals surface area contributed by atoms with Crippen molar-refractivity contribution in [3.8, 4) is 0 Å². The molecule has 0 aromatic heterocycles. The molecule has 0 fully saturated rings. The molecule has 1 amide bonds. The molecule has 0 aromatic carbocycles. The SMILES string of the molecule is CC(C)C[C@H](N)C(=O)NCCN(C)C(C)C. The average Bonchev–Trinajstić information content (AvgIpc) is 2.15. The Balaban J connectivity index is 3.73. The molecule has 4 nitrogen and oxygen atoms in total. The third kappa shape index (κ3) is 6.80. The van der Waals surface area contributed by atoms with Crippen LogP contribution in [0.4, 0.5) is 0 Å². The molecule has 3 N–H and O–H groups in total. The maximum atomic E-state index is 11.6. The number of nitrogens with zero attached hydrogens (tertiary/aromatic N) is 1. The van der Waals surface area contributed by atoms with Gasteiger partial charge in [-0.15, -0.1) is 0 Å². The van der Waals surface area contributed by atoms with Crippen LogP contribution in [0.25, 0.3) is 0 Å². The lowest BCUT2D eigenvalue weighted by Crippen LogP contribution is -2.44. The third-order valence-electron chi connectivity index (χ3n) is 2.71. The van der Waals surface area contributed by atoms with Crippen LogP contribution in [0.3, 0.4) is 0 Å². The molecule has 0 spiro atoms. The lowest BCUT2D eigenvalue weighted by Gasteiger charge is -2.21. The Labute approximate surface area is 99.6 Å². The second-order valence-electron chi connectivity index (χ2n) is 5.10. The molecular formula is C12H27N3O. The van der Waals surface area contributed by atoms with E-state index in [0.717, 1.165) is 13.0 Å². The molecule has 0 aliphatic carbocycles. The minimum absolute atomic E-state index is 0.0362. The van der Waals surface area contributed by atoms with E-state index in [2.05, 4.69) is 37.9 Å². The summed E-state index contributed by atoms with van der Waals surface area (Å²) in [5.41, 5.74) is 5.77. The smallest absolute Gasteiger partial charge is 0.236 e. The van der Waals surface area contributed by atoms with E-state index in [-0.39, 0.29) is 11.9 Å². The zero-order valence-electron chi connectivity index (χ0n) is 11.3. The van der Waals surface area contributed by atoms with E-state index in [9.17, 15) is 4.79 Å². The molecule has 1 atom stereocenters. The van der Waals surface area contributed by atoms with Crippen LogP contribution in [0, 0.1) is 5.92 Å². The van der Waals surface area contributed by atoms with E-state index < -0.39 is 0 Å². The third-order valence-corrected chi connectivity index (χ3v) is 2.71. The van der Waals surface area contributed by atoms with Crippen LogP contribution in [0.15, 0.2) is 0 Å². The summed E-state index contributed by atoms with van der Waals surface area (Å²) in [6.45, 7) is 9.93. The monoisotopic (exact) mass is 229 g/mol. The van der Waals surface area contributed by atoms with Crippen molar-refractivity contribution in [3.05, 3.63) is 0 Å². The summed E-state index contributed by atoms with van der Waals surface area (Å²) >= 11 is 0. The minimum Gasteiger partial charge on any atom is -0.353 e. The number of amides is 1. The highest BCUT2D eigenvalue weighted by atomic mass is 16.2. The average molecular weight is 229 g/mol. The molecule has 96 valence electrons. The predicted molar refractivity (Wildman–Crippen MR) is 68.2 cm³/mol. The van der Waals surface area contributed by atoms with Gasteiger partial charge in [-0.3, -0.25) is 4.79 Å². The Morgan fingerprint density at radius 2 is 1.88 bits per heavy atom. The lowest BCUT2D eigenvalue weighted by molar-refractivity contribution is -0.122. The Bertz CT molecular complexity index is 204. The van der Waals surface area contributed by atoms with E-state index in [4.69, 9.17) is 5.73 Å². The van der Waals surface area contributed by atoms with Gasteiger partial charge < -0.3 is 16.0 Å². The summed E-state index contributed by atoms with van der Waals surface area (Å²) < 4.78 is 0. The molecule has 0 unspecified atom stereocenters. The molecule has 0 aliphatic heterocycles. The van der Waals surface area contributed by atoms with Crippen LogP contribution in [0.5, 0.6) is 0 Å².